The van der Waals surface area contributed by atoms with E-state index in [0.29, 0.717) is 30.3 Å². The average Bonchev–Trinajstić information content (AvgIpc) is 3.31. The molecule has 1 saturated heterocycles. The minimum Gasteiger partial charge on any atom is -0.497 e. The lowest BCUT2D eigenvalue weighted by Gasteiger charge is -2.25. The smallest absolute Gasteiger partial charge is 0.254 e. The Morgan fingerprint density at radius 3 is 2.73 bits per heavy atom. The zero-order chi connectivity index (χ0) is 23.0. The van der Waals surface area contributed by atoms with Gasteiger partial charge in [-0.25, -0.2) is 0 Å². The van der Waals surface area contributed by atoms with Crippen LogP contribution in [-0.4, -0.2) is 42.1 Å². The van der Waals surface area contributed by atoms with Gasteiger partial charge in [0.05, 0.1) is 13.7 Å². The van der Waals surface area contributed by atoms with Crippen LogP contribution in [0.25, 0.3) is 0 Å². The Labute approximate surface area is 195 Å². The number of carbonyl (C=O) groups excluding carboxylic acids is 1. The summed E-state index contributed by atoms with van der Waals surface area (Å²) in [6.07, 6.45) is 6.32. The maximum Gasteiger partial charge on any atom is 0.254 e. The molecule has 1 fully saturated rings. The van der Waals surface area contributed by atoms with Gasteiger partial charge >= 0.3 is 0 Å². The van der Waals surface area contributed by atoms with E-state index in [1.165, 1.54) is 5.56 Å². The number of benzene rings is 2. The molecule has 1 aliphatic rings. The van der Waals surface area contributed by atoms with E-state index in [4.69, 9.17) is 14.2 Å². The van der Waals surface area contributed by atoms with Crippen molar-refractivity contribution in [2.24, 2.45) is 0 Å². The second-order valence-electron chi connectivity index (χ2n) is 8.09. The van der Waals surface area contributed by atoms with E-state index in [2.05, 4.69) is 11.1 Å². The monoisotopic (exact) mass is 446 g/mol. The Kier molecular flexibility index (Phi) is 7.45. The third-order valence-electron chi connectivity index (χ3n) is 5.85. The summed E-state index contributed by atoms with van der Waals surface area (Å²) < 4.78 is 17.1. The van der Waals surface area contributed by atoms with E-state index in [1.54, 1.807) is 25.6 Å². The molecular weight excluding hydrogens is 416 g/mol. The first-order valence-electron chi connectivity index (χ1n) is 11.4. The third-order valence-corrected chi connectivity index (χ3v) is 5.85. The largest absolute Gasteiger partial charge is 0.497 e. The van der Waals surface area contributed by atoms with Crippen LogP contribution in [0.3, 0.4) is 0 Å². The van der Waals surface area contributed by atoms with Gasteiger partial charge in [0.1, 0.15) is 12.4 Å². The second-order valence-corrected chi connectivity index (χ2v) is 8.09. The summed E-state index contributed by atoms with van der Waals surface area (Å²) in [4.78, 5) is 19.5. The predicted octanol–water partition coefficient (Wildman–Crippen LogP) is 4.92. The molecule has 0 bridgehead atoms. The van der Waals surface area contributed by atoms with E-state index in [0.717, 1.165) is 37.1 Å². The summed E-state index contributed by atoms with van der Waals surface area (Å²) in [6.45, 7) is 3.56. The van der Waals surface area contributed by atoms with Gasteiger partial charge < -0.3 is 19.1 Å². The Morgan fingerprint density at radius 1 is 1.06 bits per heavy atom. The minimum absolute atomic E-state index is 0.0279. The number of ether oxygens (including phenoxy) is 3. The number of carbonyl (C=O) groups is 1. The summed E-state index contributed by atoms with van der Waals surface area (Å²) in [5, 5.41) is 0. The Morgan fingerprint density at radius 2 is 1.94 bits per heavy atom. The summed E-state index contributed by atoms with van der Waals surface area (Å²) in [6, 6.07) is 17.5. The molecule has 3 aromatic rings. The number of rotatable bonds is 9. The zero-order valence-electron chi connectivity index (χ0n) is 19.2. The van der Waals surface area contributed by atoms with Gasteiger partial charge in [-0.3, -0.25) is 9.78 Å². The van der Waals surface area contributed by atoms with E-state index < -0.39 is 0 Å². The molecule has 0 saturated carbocycles. The maximum atomic E-state index is 13.4. The Bertz CT molecular complexity index is 1070. The quantitative estimate of drug-likeness (QED) is 0.467. The van der Waals surface area contributed by atoms with Crippen molar-refractivity contribution in [1.29, 1.82) is 0 Å². The number of aromatic nitrogens is 1. The van der Waals surface area contributed by atoms with Crippen molar-refractivity contribution in [3.63, 3.8) is 0 Å². The molecule has 6 nitrogen and oxygen atoms in total. The highest BCUT2D eigenvalue weighted by Gasteiger charge is 2.30. The highest BCUT2D eigenvalue weighted by molar-refractivity contribution is 5.95. The van der Waals surface area contributed by atoms with Crippen molar-refractivity contribution in [3.05, 3.63) is 83.7 Å². The summed E-state index contributed by atoms with van der Waals surface area (Å²) in [5.74, 6) is 2.06. The van der Waals surface area contributed by atoms with Gasteiger partial charge in [0.25, 0.3) is 5.91 Å². The molecule has 172 valence electrons. The SMILES string of the molecule is CCOc1cc(C(=O)N2CCCC2Cc2cccc(OC)c2)ccc1OCc1cccnc1. The molecule has 33 heavy (non-hydrogen) atoms. The lowest BCUT2D eigenvalue weighted by molar-refractivity contribution is 0.0736. The van der Waals surface area contributed by atoms with Crippen LogP contribution in [0.4, 0.5) is 0 Å². The number of hydrogen-bond acceptors (Lipinski definition) is 5. The molecule has 0 N–H and O–H groups in total. The van der Waals surface area contributed by atoms with Crippen LogP contribution in [0.2, 0.25) is 0 Å². The molecule has 0 radical (unpaired) electrons. The Balaban J connectivity index is 1.48. The first kappa shape index (κ1) is 22.6. The molecule has 1 aliphatic heterocycles. The highest BCUT2D eigenvalue weighted by Crippen LogP contribution is 2.31. The highest BCUT2D eigenvalue weighted by atomic mass is 16.5. The topological polar surface area (TPSA) is 60.9 Å². The van der Waals surface area contributed by atoms with Crippen LogP contribution in [0.15, 0.2) is 67.0 Å². The lowest BCUT2D eigenvalue weighted by Crippen LogP contribution is -2.36. The fourth-order valence-corrected chi connectivity index (χ4v) is 4.23. The molecule has 4 rings (SSSR count). The summed E-state index contributed by atoms with van der Waals surface area (Å²) >= 11 is 0. The van der Waals surface area contributed by atoms with Gasteiger partial charge in [-0.1, -0.05) is 18.2 Å². The zero-order valence-corrected chi connectivity index (χ0v) is 19.2. The molecule has 6 heteroatoms. The predicted molar refractivity (Wildman–Crippen MR) is 127 cm³/mol. The number of amides is 1. The Hall–Kier alpha value is -3.54. The number of methoxy groups -OCH3 is 1. The second kappa shape index (κ2) is 10.9. The van der Waals surface area contributed by atoms with Crippen LogP contribution in [-0.2, 0) is 13.0 Å². The lowest BCUT2D eigenvalue weighted by atomic mass is 10.0. The van der Waals surface area contributed by atoms with E-state index in [9.17, 15) is 4.79 Å². The summed E-state index contributed by atoms with van der Waals surface area (Å²) in [7, 11) is 1.67. The summed E-state index contributed by atoms with van der Waals surface area (Å²) in [5.41, 5.74) is 2.76. The molecule has 2 heterocycles. The molecule has 2 aromatic carbocycles. The molecule has 1 atom stereocenters. The molecular formula is C27H30N2O4. The first-order chi connectivity index (χ1) is 16.2. The van der Waals surface area contributed by atoms with Crippen LogP contribution in [0, 0.1) is 0 Å². The fraction of sp³-hybridized carbons (Fsp3) is 0.333. The van der Waals surface area contributed by atoms with E-state index >= 15 is 0 Å². The number of pyridine rings is 1. The maximum absolute atomic E-state index is 13.4. The van der Waals surface area contributed by atoms with Crippen LogP contribution >= 0.6 is 0 Å². The van der Waals surface area contributed by atoms with Crippen LogP contribution in [0.5, 0.6) is 17.2 Å². The van der Waals surface area contributed by atoms with Crippen molar-refractivity contribution >= 4 is 5.91 Å². The van der Waals surface area contributed by atoms with Crippen molar-refractivity contribution in [3.8, 4) is 17.2 Å². The van der Waals surface area contributed by atoms with Crippen LogP contribution < -0.4 is 14.2 Å². The molecule has 1 unspecified atom stereocenters. The standard InChI is InChI=1S/C27H30N2O4/c1-3-32-26-17-22(11-12-25(26)33-19-21-8-5-13-28-18-21)27(30)29-14-6-9-23(29)15-20-7-4-10-24(16-20)31-2/h4-5,7-8,10-13,16-18,23H,3,6,9,14-15,19H2,1-2H3. The van der Waals surface area contributed by atoms with Crippen molar-refractivity contribution < 1.29 is 19.0 Å². The molecule has 1 aromatic heterocycles. The van der Waals surface area contributed by atoms with Crippen molar-refractivity contribution in [2.45, 2.75) is 38.8 Å². The first-order valence-corrected chi connectivity index (χ1v) is 11.4. The van der Waals surface area contributed by atoms with Gasteiger partial charge in [0.15, 0.2) is 11.5 Å². The van der Waals surface area contributed by atoms with Crippen molar-refractivity contribution in [2.75, 3.05) is 20.3 Å². The molecule has 1 amide bonds. The van der Waals surface area contributed by atoms with Gasteiger partial charge in [0, 0.05) is 36.1 Å². The minimum atomic E-state index is 0.0279. The number of hydrogen-bond donors (Lipinski definition) is 0. The number of likely N-dealkylation sites (tertiary alicyclic amines) is 1. The molecule has 0 spiro atoms. The normalized spacial score (nSPS) is 15.3. The van der Waals surface area contributed by atoms with Gasteiger partial charge in [-0.15, -0.1) is 0 Å². The van der Waals surface area contributed by atoms with Gasteiger partial charge in [-0.2, -0.15) is 0 Å². The van der Waals surface area contributed by atoms with Crippen LogP contribution in [0.1, 0.15) is 41.3 Å². The van der Waals surface area contributed by atoms with Gasteiger partial charge in [0.2, 0.25) is 0 Å². The van der Waals surface area contributed by atoms with E-state index in [-0.39, 0.29) is 11.9 Å². The number of nitrogens with zero attached hydrogens (tertiary/aromatic N) is 2. The average molecular weight is 447 g/mol. The molecule has 0 aliphatic carbocycles. The van der Waals surface area contributed by atoms with E-state index in [1.807, 2.05) is 54.3 Å². The fourth-order valence-electron chi connectivity index (χ4n) is 4.23. The van der Waals surface area contributed by atoms with Gasteiger partial charge in [-0.05, 0) is 68.1 Å². The van der Waals surface area contributed by atoms with Crippen molar-refractivity contribution in [1.82, 2.24) is 9.88 Å². The third kappa shape index (κ3) is 5.64.